The minimum absolute atomic E-state index is 0.0727. The average Bonchev–Trinajstić information content (AvgIpc) is 2.62. The first kappa shape index (κ1) is 16.5. The molecule has 0 bridgehead atoms. The highest BCUT2D eigenvalue weighted by Crippen LogP contribution is 2.23. The van der Waals surface area contributed by atoms with Gasteiger partial charge in [0.15, 0.2) is 0 Å². The fourth-order valence-electron chi connectivity index (χ4n) is 3.27. The molecule has 2 aromatic rings. The Morgan fingerprint density at radius 1 is 1.33 bits per heavy atom. The van der Waals surface area contributed by atoms with Crippen LogP contribution in [0, 0.1) is 12.8 Å². The van der Waals surface area contributed by atoms with Gasteiger partial charge in [-0.05, 0) is 37.3 Å². The molecule has 0 radical (unpaired) electrons. The summed E-state index contributed by atoms with van der Waals surface area (Å²) in [7, 11) is 0. The van der Waals surface area contributed by atoms with Gasteiger partial charge in [0, 0.05) is 31.0 Å². The summed E-state index contributed by atoms with van der Waals surface area (Å²) in [6.45, 7) is 3.04. The van der Waals surface area contributed by atoms with Gasteiger partial charge in [0.1, 0.15) is 5.56 Å². The SMILES string of the molecule is Cc1[nH]c(=O)c(C(=O)N2CCCC(CO)C2)cc1-c1ccccc1. The fraction of sp³-hybridized carbons (Fsp3) is 0.368. The maximum absolute atomic E-state index is 12.8. The van der Waals surface area contributed by atoms with E-state index < -0.39 is 0 Å². The molecule has 1 amide bonds. The summed E-state index contributed by atoms with van der Waals surface area (Å²) in [5, 5.41) is 9.34. The second-order valence-electron chi connectivity index (χ2n) is 6.36. The van der Waals surface area contributed by atoms with Gasteiger partial charge in [0.2, 0.25) is 0 Å². The van der Waals surface area contributed by atoms with Crippen molar-refractivity contribution in [2.24, 2.45) is 5.92 Å². The van der Waals surface area contributed by atoms with Gasteiger partial charge in [-0.2, -0.15) is 0 Å². The Labute approximate surface area is 140 Å². The van der Waals surface area contributed by atoms with Crippen LogP contribution < -0.4 is 5.56 Å². The quantitative estimate of drug-likeness (QED) is 0.908. The number of aromatic amines is 1. The Balaban J connectivity index is 1.96. The van der Waals surface area contributed by atoms with E-state index in [9.17, 15) is 14.7 Å². The number of nitrogens with zero attached hydrogens (tertiary/aromatic N) is 1. The Morgan fingerprint density at radius 3 is 2.79 bits per heavy atom. The van der Waals surface area contributed by atoms with E-state index in [0.717, 1.165) is 29.7 Å². The summed E-state index contributed by atoms with van der Waals surface area (Å²) in [6.07, 6.45) is 1.77. The normalized spacial score (nSPS) is 17.8. The molecule has 1 aromatic heterocycles. The van der Waals surface area contributed by atoms with Crippen LogP contribution in [0.25, 0.3) is 11.1 Å². The number of nitrogens with one attached hydrogen (secondary N) is 1. The molecule has 2 heterocycles. The molecule has 5 nitrogen and oxygen atoms in total. The Bertz CT molecular complexity index is 783. The lowest BCUT2D eigenvalue weighted by Crippen LogP contribution is -2.42. The maximum Gasteiger partial charge on any atom is 0.261 e. The van der Waals surface area contributed by atoms with Crippen LogP contribution in [0.3, 0.4) is 0 Å². The van der Waals surface area contributed by atoms with Crippen molar-refractivity contribution in [3.8, 4) is 11.1 Å². The van der Waals surface area contributed by atoms with Crippen molar-refractivity contribution < 1.29 is 9.90 Å². The number of carbonyl (C=O) groups is 1. The Kier molecular flexibility index (Phi) is 4.81. The molecule has 126 valence electrons. The molecule has 1 unspecified atom stereocenters. The number of carbonyl (C=O) groups excluding carboxylic acids is 1. The first-order chi connectivity index (χ1) is 11.6. The number of hydrogen-bond donors (Lipinski definition) is 2. The van der Waals surface area contributed by atoms with Crippen LogP contribution in [0.1, 0.15) is 28.9 Å². The van der Waals surface area contributed by atoms with E-state index in [1.165, 1.54) is 0 Å². The van der Waals surface area contributed by atoms with Crippen molar-refractivity contribution in [2.75, 3.05) is 19.7 Å². The first-order valence-electron chi connectivity index (χ1n) is 8.29. The van der Waals surface area contributed by atoms with E-state index in [0.29, 0.717) is 13.1 Å². The molecular formula is C19H22N2O3. The molecule has 1 saturated heterocycles. The molecule has 0 saturated carbocycles. The molecule has 1 aromatic carbocycles. The van der Waals surface area contributed by atoms with Gasteiger partial charge in [-0.15, -0.1) is 0 Å². The average molecular weight is 326 g/mol. The lowest BCUT2D eigenvalue weighted by atomic mass is 9.97. The second-order valence-corrected chi connectivity index (χ2v) is 6.36. The lowest BCUT2D eigenvalue weighted by molar-refractivity contribution is 0.0619. The molecule has 3 rings (SSSR count). The van der Waals surface area contributed by atoms with Gasteiger partial charge >= 0.3 is 0 Å². The van der Waals surface area contributed by atoms with Gasteiger partial charge in [-0.1, -0.05) is 30.3 Å². The van der Waals surface area contributed by atoms with Crippen LogP contribution in [-0.2, 0) is 0 Å². The summed E-state index contributed by atoms with van der Waals surface area (Å²) < 4.78 is 0. The van der Waals surface area contributed by atoms with E-state index in [2.05, 4.69) is 4.98 Å². The number of amides is 1. The number of likely N-dealkylation sites (tertiary alicyclic amines) is 1. The van der Waals surface area contributed by atoms with Crippen molar-refractivity contribution in [3.63, 3.8) is 0 Å². The molecule has 5 heteroatoms. The number of H-pyrrole nitrogens is 1. The van der Waals surface area contributed by atoms with Crippen molar-refractivity contribution in [3.05, 3.63) is 58.0 Å². The number of aliphatic hydroxyl groups excluding tert-OH is 1. The summed E-state index contributed by atoms with van der Waals surface area (Å²) >= 11 is 0. The standard InChI is InChI=1S/C19H22N2O3/c1-13-16(15-7-3-2-4-8-15)10-17(18(23)20-13)19(24)21-9-5-6-14(11-21)12-22/h2-4,7-8,10,14,22H,5-6,9,11-12H2,1H3,(H,20,23). The lowest BCUT2D eigenvalue weighted by Gasteiger charge is -2.31. The van der Waals surface area contributed by atoms with E-state index >= 15 is 0 Å². The zero-order valence-electron chi connectivity index (χ0n) is 13.8. The number of pyridine rings is 1. The van der Waals surface area contributed by atoms with Gasteiger partial charge in [-0.3, -0.25) is 9.59 Å². The van der Waals surface area contributed by atoms with Gasteiger partial charge < -0.3 is 15.0 Å². The number of hydrogen-bond acceptors (Lipinski definition) is 3. The third-order valence-electron chi connectivity index (χ3n) is 4.62. The molecule has 0 aliphatic carbocycles. The van der Waals surface area contributed by atoms with E-state index in [4.69, 9.17) is 0 Å². The van der Waals surface area contributed by atoms with Crippen molar-refractivity contribution >= 4 is 5.91 Å². The first-order valence-corrected chi connectivity index (χ1v) is 8.29. The number of piperidine rings is 1. The minimum Gasteiger partial charge on any atom is -0.396 e. The number of aromatic nitrogens is 1. The summed E-state index contributed by atoms with van der Waals surface area (Å²) in [4.78, 5) is 29.6. The predicted molar refractivity (Wildman–Crippen MR) is 92.9 cm³/mol. The highest BCUT2D eigenvalue weighted by molar-refractivity contribution is 5.95. The highest BCUT2D eigenvalue weighted by Gasteiger charge is 2.26. The van der Waals surface area contributed by atoms with E-state index in [-0.39, 0.29) is 29.6 Å². The van der Waals surface area contributed by atoms with Crippen molar-refractivity contribution in [2.45, 2.75) is 19.8 Å². The van der Waals surface area contributed by atoms with Crippen LogP contribution in [0.5, 0.6) is 0 Å². The second kappa shape index (κ2) is 7.01. The number of rotatable bonds is 3. The number of benzene rings is 1. The molecule has 1 atom stereocenters. The van der Waals surface area contributed by atoms with Crippen LogP contribution in [0.2, 0.25) is 0 Å². The Hall–Kier alpha value is -2.40. The fourth-order valence-corrected chi connectivity index (χ4v) is 3.27. The zero-order valence-corrected chi connectivity index (χ0v) is 13.8. The predicted octanol–water partition coefficient (Wildman–Crippen LogP) is 2.19. The third-order valence-corrected chi connectivity index (χ3v) is 4.62. The van der Waals surface area contributed by atoms with Crippen molar-refractivity contribution in [1.29, 1.82) is 0 Å². The molecular weight excluding hydrogens is 304 g/mol. The zero-order chi connectivity index (χ0) is 17.1. The van der Waals surface area contributed by atoms with E-state index in [1.54, 1.807) is 11.0 Å². The Morgan fingerprint density at radius 2 is 2.08 bits per heavy atom. The largest absolute Gasteiger partial charge is 0.396 e. The molecule has 24 heavy (non-hydrogen) atoms. The molecule has 1 aliphatic rings. The molecule has 0 spiro atoms. The van der Waals surface area contributed by atoms with Gasteiger partial charge in [-0.25, -0.2) is 0 Å². The number of aliphatic hydroxyl groups is 1. The van der Waals surface area contributed by atoms with Crippen LogP contribution in [-0.4, -0.2) is 40.6 Å². The summed E-state index contributed by atoms with van der Waals surface area (Å²) in [5.41, 5.74) is 2.37. The topological polar surface area (TPSA) is 73.4 Å². The third kappa shape index (κ3) is 3.26. The monoisotopic (exact) mass is 326 g/mol. The van der Waals surface area contributed by atoms with Crippen LogP contribution in [0.4, 0.5) is 0 Å². The van der Waals surface area contributed by atoms with Crippen LogP contribution in [0.15, 0.2) is 41.2 Å². The van der Waals surface area contributed by atoms with Crippen LogP contribution >= 0.6 is 0 Å². The van der Waals surface area contributed by atoms with E-state index in [1.807, 2.05) is 37.3 Å². The summed E-state index contributed by atoms with van der Waals surface area (Å²) in [6, 6.07) is 11.4. The van der Waals surface area contributed by atoms with Crippen molar-refractivity contribution in [1.82, 2.24) is 9.88 Å². The molecule has 1 aliphatic heterocycles. The number of aryl methyl sites for hydroxylation is 1. The minimum atomic E-state index is -0.358. The molecule has 1 fully saturated rings. The maximum atomic E-state index is 12.8. The van der Waals surface area contributed by atoms with Gasteiger partial charge in [0.25, 0.3) is 11.5 Å². The molecule has 2 N–H and O–H groups in total. The summed E-state index contributed by atoms with van der Waals surface area (Å²) in [5.74, 6) is -0.160. The van der Waals surface area contributed by atoms with Gasteiger partial charge in [0.05, 0.1) is 0 Å². The highest BCUT2D eigenvalue weighted by atomic mass is 16.3. The smallest absolute Gasteiger partial charge is 0.261 e.